The minimum absolute atomic E-state index is 0.00656. The third kappa shape index (κ3) is 3.71. The maximum absolute atomic E-state index is 11.8. The second kappa shape index (κ2) is 7.59. The van der Waals surface area contributed by atoms with Crippen LogP contribution in [0, 0.1) is 0 Å². The molecule has 0 saturated heterocycles. The zero-order valence-corrected chi connectivity index (χ0v) is 13.8. The molecule has 2 aromatic carbocycles. The molecular weight excluding hydrogens is 312 g/mol. The van der Waals surface area contributed by atoms with Crippen molar-refractivity contribution >= 4 is 5.97 Å². The highest BCUT2D eigenvalue weighted by molar-refractivity contribution is 5.78. The van der Waals surface area contributed by atoms with Gasteiger partial charge in [-0.1, -0.05) is 6.07 Å². The molecule has 0 aliphatic heterocycles. The van der Waals surface area contributed by atoms with Crippen molar-refractivity contribution in [2.75, 3.05) is 21.3 Å². The molecule has 2 rings (SSSR count). The summed E-state index contributed by atoms with van der Waals surface area (Å²) in [5.74, 6) is -0.464. The van der Waals surface area contributed by atoms with E-state index in [0.717, 1.165) is 5.56 Å². The van der Waals surface area contributed by atoms with E-state index in [9.17, 15) is 15.0 Å². The van der Waals surface area contributed by atoms with Crippen molar-refractivity contribution in [3.8, 4) is 23.0 Å². The maximum Gasteiger partial charge on any atom is 0.311 e. The number of aliphatic carboxylic acids is 1. The minimum atomic E-state index is -0.978. The molecule has 0 bridgehead atoms. The van der Waals surface area contributed by atoms with Gasteiger partial charge in [-0.25, -0.2) is 0 Å². The van der Waals surface area contributed by atoms with Crippen molar-refractivity contribution in [1.29, 1.82) is 0 Å². The monoisotopic (exact) mass is 332 g/mol. The molecule has 0 aliphatic rings. The molecule has 0 fully saturated rings. The Hall–Kier alpha value is -2.89. The summed E-state index contributed by atoms with van der Waals surface area (Å²) in [7, 11) is 4.46. The molecule has 2 N–H and O–H groups in total. The van der Waals surface area contributed by atoms with Crippen molar-refractivity contribution in [1.82, 2.24) is 0 Å². The lowest BCUT2D eigenvalue weighted by molar-refractivity contribution is -0.138. The first-order valence-corrected chi connectivity index (χ1v) is 7.30. The van der Waals surface area contributed by atoms with Crippen LogP contribution in [0.25, 0.3) is 0 Å². The smallest absolute Gasteiger partial charge is 0.311 e. The van der Waals surface area contributed by atoms with E-state index in [1.54, 1.807) is 30.3 Å². The first-order valence-electron chi connectivity index (χ1n) is 7.30. The zero-order chi connectivity index (χ0) is 17.7. The molecule has 128 valence electrons. The van der Waals surface area contributed by atoms with Crippen LogP contribution >= 0.6 is 0 Å². The normalized spacial score (nSPS) is 11.6. The first-order chi connectivity index (χ1) is 11.5. The number of ether oxygens (including phenoxy) is 3. The number of methoxy groups -OCH3 is 3. The Labute approximate surface area is 140 Å². The van der Waals surface area contributed by atoms with Gasteiger partial charge in [0.15, 0.2) is 11.5 Å². The van der Waals surface area contributed by atoms with Crippen LogP contribution in [0.1, 0.15) is 17.0 Å². The molecule has 24 heavy (non-hydrogen) atoms. The molecule has 6 nitrogen and oxygen atoms in total. The van der Waals surface area contributed by atoms with Crippen molar-refractivity contribution in [2.45, 2.75) is 12.3 Å². The molecule has 0 amide bonds. The molecule has 0 saturated carbocycles. The van der Waals surface area contributed by atoms with Crippen LogP contribution in [0.5, 0.6) is 23.0 Å². The van der Waals surface area contributed by atoms with Gasteiger partial charge in [0.05, 0.1) is 27.2 Å². The van der Waals surface area contributed by atoms with E-state index in [4.69, 9.17) is 14.2 Å². The van der Waals surface area contributed by atoms with Gasteiger partial charge < -0.3 is 24.4 Å². The van der Waals surface area contributed by atoms with Crippen LogP contribution in [0.4, 0.5) is 0 Å². The molecule has 1 unspecified atom stereocenters. The van der Waals surface area contributed by atoms with Gasteiger partial charge in [0.1, 0.15) is 11.5 Å². The second-order valence-corrected chi connectivity index (χ2v) is 5.21. The SMILES string of the molecule is COc1ccc(OC)c(C(Cc2ccc(O)c(OC)c2)C(=O)O)c1. The number of carbonyl (C=O) groups is 1. The summed E-state index contributed by atoms with van der Waals surface area (Å²) in [5.41, 5.74) is 1.25. The Morgan fingerprint density at radius 1 is 1.00 bits per heavy atom. The van der Waals surface area contributed by atoms with E-state index in [0.29, 0.717) is 22.8 Å². The van der Waals surface area contributed by atoms with Crippen molar-refractivity contribution in [3.05, 3.63) is 47.5 Å². The lowest BCUT2D eigenvalue weighted by Crippen LogP contribution is -2.15. The third-order valence-electron chi connectivity index (χ3n) is 3.79. The lowest BCUT2D eigenvalue weighted by Gasteiger charge is -2.18. The summed E-state index contributed by atoms with van der Waals surface area (Å²) in [4.78, 5) is 11.8. The fraction of sp³-hybridized carbons (Fsp3) is 0.278. The highest BCUT2D eigenvalue weighted by Gasteiger charge is 2.25. The van der Waals surface area contributed by atoms with Crippen LogP contribution in [-0.4, -0.2) is 37.5 Å². The summed E-state index contributed by atoms with van der Waals surface area (Å²) in [6.07, 6.45) is 0.218. The van der Waals surface area contributed by atoms with Gasteiger partial charge >= 0.3 is 5.97 Å². The predicted octanol–water partition coefficient (Wildman–Crippen LogP) is 2.83. The van der Waals surface area contributed by atoms with Gasteiger partial charge in [0.2, 0.25) is 0 Å². The molecule has 1 atom stereocenters. The average molecular weight is 332 g/mol. The lowest BCUT2D eigenvalue weighted by atomic mass is 9.91. The van der Waals surface area contributed by atoms with E-state index in [1.165, 1.54) is 27.4 Å². The van der Waals surface area contributed by atoms with Crippen LogP contribution in [-0.2, 0) is 11.2 Å². The summed E-state index contributed by atoms with van der Waals surface area (Å²) >= 11 is 0. The van der Waals surface area contributed by atoms with E-state index < -0.39 is 11.9 Å². The number of carboxylic acid groups (broad SMARTS) is 1. The van der Waals surface area contributed by atoms with Gasteiger partial charge in [-0.15, -0.1) is 0 Å². The van der Waals surface area contributed by atoms with E-state index in [-0.39, 0.29) is 12.2 Å². The Morgan fingerprint density at radius 2 is 1.71 bits per heavy atom. The van der Waals surface area contributed by atoms with Gasteiger partial charge in [-0.3, -0.25) is 4.79 Å². The van der Waals surface area contributed by atoms with Crippen LogP contribution < -0.4 is 14.2 Å². The summed E-state index contributed by atoms with van der Waals surface area (Å²) in [6, 6.07) is 9.83. The number of phenols is 1. The second-order valence-electron chi connectivity index (χ2n) is 5.21. The van der Waals surface area contributed by atoms with E-state index in [2.05, 4.69) is 0 Å². The quantitative estimate of drug-likeness (QED) is 0.811. The third-order valence-corrected chi connectivity index (χ3v) is 3.79. The number of aromatic hydroxyl groups is 1. The Balaban J connectivity index is 2.42. The number of rotatable bonds is 7. The Kier molecular flexibility index (Phi) is 5.52. The number of benzene rings is 2. The van der Waals surface area contributed by atoms with Crippen LogP contribution in [0.3, 0.4) is 0 Å². The molecule has 6 heteroatoms. The number of hydrogen-bond acceptors (Lipinski definition) is 5. The molecule has 0 radical (unpaired) electrons. The molecule has 0 heterocycles. The predicted molar refractivity (Wildman–Crippen MR) is 88.3 cm³/mol. The molecular formula is C18H20O6. The maximum atomic E-state index is 11.8. The van der Waals surface area contributed by atoms with Gasteiger partial charge in [0, 0.05) is 5.56 Å². The fourth-order valence-corrected chi connectivity index (χ4v) is 2.53. The number of carboxylic acids is 1. The summed E-state index contributed by atoms with van der Waals surface area (Å²) < 4.78 is 15.6. The highest BCUT2D eigenvalue weighted by atomic mass is 16.5. The van der Waals surface area contributed by atoms with Crippen molar-refractivity contribution in [2.24, 2.45) is 0 Å². The first kappa shape index (κ1) is 17.5. The summed E-state index contributed by atoms with van der Waals surface area (Å²) in [6.45, 7) is 0. The van der Waals surface area contributed by atoms with Crippen LogP contribution in [0.2, 0.25) is 0 Å². The average Bonchev–Trinajstić information content (AvgIpc) is 2.60. The number of phenolic OH excluding ortho intramolecular Hbond substituents is 1. The van der Waals surface area contributed by atoms with Crippen molar-refractivity contribution < 1.29 is 29.2 Å². The number of hydrogen-bond donors (Lipinski definition) is 2. The van der Waals surface area contributed by atoms with Gasteiger partial charge in [-0.2, -0.15) is 0 Å². The largest absolute Gasteiger partial charge is 0.504 e. The zero-order valence-electron chi connectivity index (χ0n) is 13.8. The Bertz CT molecular complexity index is 725. The highest BCUT2D eigenvalue weighted by Crippen LogP contribution is 2.34. The van der Waals surface area contributed by atoms with E-state index >= 15 is 0 Å². The summed E-state index contributed by atoms with van der Waals surface area (Å²) in [5, 5.41) is 19.3. The standard InChI is InChI=1S/C18H20O6/c1-22-12-5-7-16(23-2)13(10-12)14(18(20)21)8-11-4-6-15(19)17(9-11)24-3/h4-7,9-10,14,19H,8H2,1-3H3,(H,20,21). The van der Waals surface area contributed by atoms with E-state index in [1.807, 2.05) is 0 Å². The Morgan fingerprint density at radius 3 is 2.29 bits per heavy atom. The molecule has 2 aromatic rings. The topological polar surface area (TPSA) is 85.2 Å². The molecule has 0 aromatic heterocycles. The van der Waals surface area contributed by atoms with Crippen molar-refractivity contribution in [3.63, 3.8) is 0 Å². The van der Waals surface area contributed by atoms with Gasteiger partial charge in [0.25, 0.3) is 0 Å². The molecule has 0 spiro atoms. The minimum Gasteiger partial charge on any atom is -0.504 e. The fourth-order valence-electron chi connectivity index (χ4n) is 2.53. The van der Waals surface area contributed by atoms with Gasteiger partial charge in [-0.05, 0) is 42.3 Å². The van der Waals surface area contributed by atoms with Crippen LogP contribution in [0.15, 0.2) is 36.4 Å². The molecule has 0 aliphatic carbocycles.